The molecule has 1 N–H and O–H groups in total. The van der Waals surface area contributed by atoms with Crippen LogP contribution in [0.25, 0.3) is 0 Å². The maximum Gasteiger partial charge on any atom is 0.229 e. The molecule has 0 saturated carbocycles. The summed E-state index contributed by atoms with van der Waals surface area (Å²) in [5, 5.41) is 2.56. The lowest BCUT2D eigenvalue weighted by Crippen LogP contribution is -2.23. The van der Waals surface area contributed by atoms with Crippen molar-refractivity contribution in [1.29, 1.82) is 0 Å². The van der Waals surface area contributed by atoms with E-state index in [0.29, 0.717) is 24.1 Å². The van der Waals surface area contributed by atoms with E-state index < -0.39 is 5.82 Å². The Hall–Kier alpha value is -0.940. The Morgan fingerprint density at radius 1 is 1.56 bits per heavy atom. The molecule has 86 valence electrons. The van der Waals surface area contributed by atoms with Crippen molar-refractivity contribution in [2.75, 3.05) is 18.5 Å². The summed E-state index contributed by atoms with van der Waals surface area (Å²) in [5.41, 5.74) is 0.208. The van der Waals surface area contributed by atoms with Gasteiger partial charge in [0.25, 0.3) is 0 Å². The lowest BCUT2D eigenvalue weighted by molar-refractivity contribution is -0.119. The Kier molecular flexibility index (Phi) is 3.56. The molecule has 1 heterocycles. The maximum absolute atomic E-state index is 13.4. The zero-order valence-electron chi connectivity index (χ0n) is 8.50. The third-order valence-electron chi connectivity index (χ3n) is 2.49. The van der Waals surface area contributed by atoms with E-state index in [2.05, 4.69) is 21.2 Å². The molecular weight excluding hydrogens is 277 g/mol. The highest BCUT2D eigenvalue weighted by molar-refractivity contribution is 9.10. The van der Waals surface area contributed by atoms with E-state index in [1.165, 1.54) is 12.1 Å². The molecule has 16 heavy (non-hydrogen) atoms. The first-order chi connectivity index (χ1) is 7.66. The molecule has 0 spiro atoms. The van der Waals surface area contributed by atoms with E-state index in [1.54, 1.807) is 6.07 Å². The number of carbonyl (C=O) groups is 1. The van der Waals surface area contributed by atoms with Crippen LogP contribution in [0.15, 0.2) is 22.7 Å². The van der Waals surface area contributed by atoms with E-state index in [0.717, 1.165) is 0 Å². The van der Waals surface area contributed by atoms with Crippen molar-refractivity contribution in [3.63, 3.8) is 0 Å². The van der Waals surface area contributed by atoms with Crippen molar-refractivity contribution < 1.29 is 13.9 Å². The van der Waals surface area contributed by atoms with Crippen LogP contribution in [0.1, 0.15) is 6.42 Å². The standard InChI is InChI=1S/C11H11BrFNO2/c12-8-1-2-10(9(13)5-8)14-11(15)7-3-4-16-6-7/h1-2,5,7H,3-4,6H2,(H,14,15). The van der Waals surface area contributed by atoms with E-state index in [1.807, 2.05) is 0 Å². The third-order valence-corrected chi connectivity index (χ3v) is 2.98. The van der Waals surface area contributed by atoms with Crippen LogP contribution in [-0.2, 0) is 9.53 Å². The quantitative estimate of drug-likeness (QED) is 0.908. The minimum atomic E-state index is -0.443. The molecule has 5 heteroatoms. The van der Waals surface area contributed by atoms with Gasteiger partial charge in [-0.05, 0) is 24.6 Å². The second-order valence-corrected chi connectivity index (χ2v) is 4.59. The number of benzene rings is 1. The number of rotatable bonds is 2. The minimum absolute atomic E-state index is 0.164. The number of amides is 1. The number of halogens is 2. The summed E-state index contributed by atoms with van der Waals surface area (Å²) < 4.78 is 19.2. The van der Waals surface area contributed by atoms with Gasteiger partial charge in [0, 0.05) is 11.1 Å². The largest absolute Gasteiger partial charge is 0.381 e. The first-order valence-corrected chi connectivity index (χ1v) is 5.80. The molecule has 0 aliphatic carbocycles. The molecule has 1 amide bonds. The van der Waals surface area contributed by atoms with Gasteiger partial charge in [-0.2, -0.15) is 0 Å². The predicted molar refractivity (Wildman–Crippen MR) is 61.7 cm³/mol. The van der Waals surface area contributed by atoms with E-state index in [9.17, 15) is 9.18 Å². The number of hydrogen-bond acceptors (Lipinski definition) is 2. The zero-order chi connectivity index (χ0) is 11.5. The molecule has 0 bridgehead atoms. The van der Waals surface area contributed by atoms with Crippen LogP contribution in [0.2, 0.25) is 0 Å². The fraction of sp³-hybridized carbons (Fsp3) is 0.364. The van der Waals surface area contributed by atoms with Crippen molar-refractivity contribution >= 4 is 27.5 Å². The molecule has 0 aromatic heterocycles. The number of hydrogen-bond donors (Lipinski definition) is 1. The summed E-state index contributed by atoms with van der Waals surface area (Å²) in [6.45, 7) is 1.02. The molecule has 2 rings (SSSR count). The fourth-order valence-electron chi connectivity index (χ4n) is 1.57. The lowest BCUT2D eigenvalue weighted by Gasteiger charge is -2.10. The average molecular weight is 288 g/mol. The monoisotopic (exact) mass is 287 g/mol. The van der Waals surface area contributed by atoms with Crippen LogP contribution in [0.5, 0.6) is 0 Å². The molecule has 1 aromatic rings. The van der Waals surface area contributed by atoms with Gasteiger partial charge >= 0.3 is 0 Å². The van der Waals surface area contributed by atoms with E-state index >= 15 is 0 Å². The Labute approximate surface area is 101 Å². The number of ether oxygens (including phenoxy) is 1. The summed E-state index contributed by atoms with van der Waals surface area (Å²) in [6, 6.07) is 4.54. The third kappa shape index (κ3) is 2.59. The van der Waals surface area contributed by atoms with Gasteiger partial charge in [-0.15, -0.1) is 0 Å². The van der Waals surface area contributed by atoms with Gasteiger partial charge in [-0.25, -0.2) is 4.39 Å². The van der Waals surface area contributed by atoms with Gasteiger partial charge in [-0.1, -0.05) is 15.9 Å². The fourth-order valence-corrected chi connectivity index (χ4v) is 1.90. The van der Waals surface area contributed by atoms with Crippen molar-refractivity contribution in [3.05, 3.63) is 28.5 Å². The number of nitrogens with one attached hydrogen (secondary N) is 1. The van der Waals surface area contributed by atoms with Crippen LogP contribution in [0, 0.1) is 11.7 Å². The van der Waals surface area contributed by atoms with Crippen LogP contribution in [-0.4, -0.2) is 19.1 Å². The van der Waals surface area contributed by atoms with E-state index in [4.69, 9.17) is 4.74 Å². The molecule has 1 unspecified atom stereocenters. The zero-order valence-corrected chi connectivity index (χ0v) is 10.1. The first-order valence-electron chi connectivity index (χ1n) is 5.00. The molecule has 1 saturated heterocycles. The maximum atomic E-state index is 13.4. The Bertz CT molecular complexity index is 405. The van der Waals surface area contributed by atoms with Crippen molar-refractivity contribution in [3.8, 4) is 0 Å². The second kappa shape index (κ2) is 4.93. The Morgan fingerprint density at radius 3 is 3.00 bits per heavy atom. The van der Waals surface area contributed by atoms with Gasteiger partial charge in [0.1, 0.15) is 5.82 Å². The van der Waals surface area contributed by atoms with Crippen molar-refractivity contribution in [1.82, 2.24) is 0 Å². The topological polar surface area (TPSA) is 38.3 Å². The molecule has 1 atom stereocenters. The van der Waals surface area contributed by atoms with Crippen molar-refractivity contribution in [2.45, 2.75) is 6.42 Å². The molecule has 3 nitrogen and oxygen atoms in total. The highest BCUT2D eigenvalue weighted by atomic mass is 79.9. The Balaban J connectivity index is 2.05. The summed E-state index contributed by atoms with van der Waals surface area (Å²) in [7, 11) is 0. The summed E-state index contributed by atoms with van der Waals surface area (Å²) >= 11 is 3.16. The molecule has 0 radical (unpaired) electrons. The van der Waals surface area contributed by atoms with Crippen LogP contribution in [0.3, 0.4) is 0 Å². The van der Waals surface area contributed by atoms with Crippen LogP contribution < -0.4 is 5.32 Å². The van der Waals surface area contributed by atoms with Gasteiger partial charge in [-0.3, -0.25) is 4.79 Å². The van der Waals surface area contributed by atoms with Gasteiger partial charge < -0.3 is 10.1 Å². The average Bonchev–Trinajstić information content (AvgIpc) is 2.75. The molecular formula is C11H11BrFNO2. The van der Waals surface area contributed by atoms with Gasteiger partial charge in [0.2, 0.25) is 5.91 Å². The molecule has 1 aromatic carbocycles. The van der Waals surface area contributed by atoms with E-state index in [-0.39, 0.29) is 17.5 Å². The predicted octanol–water partition coefficient (Wildman–Crippen LogP) is 2.56. The normalized spacial score (nSPS) is 19.8. The van der Waals surface area contributed by atoms with Gasteiger partial charge in [0.15, 0.2) is 0 Å². The second-order valence-electron chi connectivity index (χ2n) is 3.67. The molecule has 1 fully saturated rings. The van der Waals surface area contributed by atoms with Crippen molar-refractivity contribution in [2.24, 2.45) is 5.92 Å². The van der Waals surface area contributed by atoms with Crippen LogP contribution >= 0.6 is 15.9 Å². The molecule has 1 aliphatic rings. The van der Waals surface area contributed by atoms with Crippen LogP contribution in [0.4, 0.5) is 10.1 Å². The summed E-state index contributed by atoms with van der Waals surface area (Å²) in [5.74, 6) is -0.789. The minimum Gasteiger partial charge on any atom is -0.381 e. The molecule has 1 aliphatic heterocycles. The summed E-state index contributed by atoms with van der Waals surface area (Å²) in [6.07, 6.45) is 0.698. The SMILES string of the molecule is O=C(Nc1ccc(Br)cc1F)C1CCOC1. The highest BCUT2D eigenvalue weighted by Crippen LogP contribution is 2.21. The number of carbonyl (C=O) groups excluding carboxylic acids is 1. The highest BCUT2D eigenvalue weighted by Gasteiger charge is 2.24. The smallest absolute Gasteiger partial charge is 0.229 e. The first kappa shape index (κ1) is 11.5. The Morgan fingerprint density at radius 2 is 2.38 bits per heavy atom. The van der Waals surface area contributed by atoms with Gasteiger partial charge in [0.05, 0.1) is 18.2 Å². The summed E-state index contributed by atoms with van der Waals surface area (Å²) in [4.78, 5) is 11.7. The number of anilines is 1. The lowest BCUT2D eigenvalue weighted by atomic mass is 10.1.